The first-order chi connectivity index (χ1) is 16.9. The average Bonchev–Trinajstić information content (AvgIpc) is 2.81. The molecule has 5 heteroatoms. The minimum Gasteiger partial charge on any atom is -0.455 e. The Balaban J connectivity index is 2.59. The van der Waals surface area contributed by atoms with Crippen LogP contribution in [0.4, 0.5) is 0 Å². The summed E-state index contributed by atoms with van der Waals surface area (Å²) in [6, 6.07) is 0. The number of cyclic esters (lactones) is 1. The van der Waals surface area contributed by atoms with Gasteiger partial charge in [-0.05, 0) is 51.5 Å². The van der Waals surface area contributed by atoms with Crippen LogP contribution in [0.1, 0.15) is 67.7 Å². The van der Waals surface area contributed by atoms with E-state index in [1.54, 1.807) is 13.0 Å². The van der Waals surface area contributed by atoms with Crippen LogP contribution in [-0.4, -0.2) is 40.8 Å². The van der Waals surface area contributed by atoms with E-state index in [4.69, 9.17) is 9.84 Å². The number of rotatable bonds is 14. The molecule has 0 aromatic rings. The summed E-state index contributed by atoms with van der Waals surface area (Å²) in [6.45, 7) is 13.7. The third kappa shape index (κ3) is 12.0. The molecule has 0 saturated heterocycles. The number of allylic oxidation sites excluding steroid dienone is 8. The Morgan fingerprint density at radius 2 is 1.78 bits per heavy atom. The Morgan fingerprint density at radius 3 is 2.42 bits per heavy atom. The quantitative estimate of drug-likeness (QED) is 0.173. The standard InChI is InChI=1S/C31H46O5/c1-21(18-23(3)14-15-28-12-9-13-29(33)36-28)10-8-11-22(2)19-25(5)30(34)27(7)31(35)26(6)20-24(4)16-17-32/h8-9,11,13-16,18-19,21,25-28,31-32,35H,10,12,17,20H2,1-7H3/b11-8?,15-14+,22-19?,23-18?,24-16?. The lowest BCUT2D eigenvalue weighted by Gasteiger charge is -2.25. The number of Topliss-reactive ketones (excluding diaryl/α,β-unsaturated/α-hetero) is 1. The largest absolute Gasteiger partial charge is 0.455 e. The lowest BCUT2D eigenvalue weighted by Crippen LogP contribution is -2.34. The van der Waals surface area contributed by atoms with Gasteiger partial charge in [0.1, 0.15) is 11.9 Å². The highest BCUT2D eigenvalue weighted by Gasteiger charge is 2.29. The van der Waals surface area contributed by atoms with Crippen LogP contribution in [-0.2, 0) is 14.3 Å². The van der Waals surface area contributed by atoms with Gasteiger partial charge < -0.3 is 14.9 Å². The van der Waals surface area contributed by atoms with E-state index in [1.165, 1.54) is 6.08 Å². The molecular weight excluding hydrogens is 452 g/mol. The molecule has 36 heavy (non-hydrogen) atoms. The topological polar surface area (TPSA) is 83.8 Å². The Morgan fingerprint density at radius 1 is 1.11 bits per heavy atom. The van der Waals surface area contributed by atoms with Crippen LogP contribution in [0, 0.1) is 23.7 Å². The van der Waals surface area contributed by atoms with Crippen molar-refractivity contribution in [2.75, 3.05) is 6.61 Å². The third-order valence-corrected chi connectivity index (χ3v) is 6.49. The van der Waals surface area contributed by atoms with Gasteiger partial charge in [-0.2, -0.15) is 0 Å². The molecule has 0 radical (unpaired) electrons. The highest BCUT2D eigenvalue weighted by atomic mass is 16.5. The monoisotopic (exact) mass is 498 g/mol. The molecule has 0 aromatic carbocycles. The van der Waals surface area contributed by atoms with Crippen molar-refractivity contribution in [3.63, 3.8) is 0 Å². The first-order valence-electron chi connectivity index (χ1n) is 13.0. The van der Waals surface area contributed by atoms with Gasteiger partial charge in [-0.15, -0.1) is 0 Å². The molecule has 5 nitrogen and oxygen atoms in total. The molecule has 1 aliphatic rings. The van der Waals surface area contributed by atoms with Crippen LogP contribution in [0.2, 0.25) is 0 Å². The summed E-state index contributed by atoms with van der Waals surface area (Å²) in [7, 11) is 0. The van der Waals surface area contributed by atoms with Crippen molar-refractivity contribution < 1.29 is 24.5 Å². The Kier molecular flexibility index (Phi) is 14.3. The van der Waals surface area contributed by atoms with Crippen molar-refractivity contribution in [2.24, 2.45) is 23.7 Å². The fraction of sp³-hybridized carbons (Fsp3) is 0.548. The molecule has 1 aliphatic heterocycles. The van der Waals surface area contributed by atoms with Crippen LogP contribution in [0.3, 0.4) is 0 Å². The molecule has 0 fully saturated rings. The lowest BCUT2D eigenvalue weighted by atomic mass is 9.83. The van der Waals surface area contributed by atoms with Crippen LogP contribution in [0.25, 0.3) is 0 Å². The van der Waals surface area contributed by atoms with Gasteiger partial charge in [0.25, 0.3) is 0 Å². The number of hydrogen-bond acceptors (Lipinski definition) is 5. The summed E-state index contributed by atoms with van der Waals surface area (Å²) >= 11 is 0. The van der Waals surface area contributed by atoms with E-state index in [1.807, 2.05) is 65.0 Å². The third-order valence-electron chi connectivity index (χ3n) is 6.49. The van der Waals surface area contributed by atoms with Crippen molar-refractivity contribution in [3.8, 4) is 0 Å². The fourth-order valence-electron chi connectivity index (χ4n) is 4.43. The summed E-state index contributed by atoms with van der Waals surface area (Å²) in [5.74, 6) is -0.729. The molecule has 6 unspecified atom stereocenters. The summed E-state index contributed by atoms with van der Waals surface area (Å²) < 4.78 is 5.24. The van der Waals surface area contributed by atoms with E-state index in [9.17, 15) is 14.7 Å². The number of esters is 1. The fourth-order valence-corrected chi connectivity index (χ4v) is 4.43. The van der Waals surface area contributed by atoms with Gasteiger partial charge in [-0.3, -0.25) is 4.79 Å². The molecule has 2 N–H and O–H groups in total. The van der Waals surface area contributed by atoms with E-state index >= 15 is 0 Å². The molecule has 200 valence electrons. The van der Waals surface area contributed by atoms with Crippen LogP contribution in [0.5, 0.6) is 0 Å². The predicted octanol–water partition coefficient (Wildman–Crippen LogP) is 6.06. The maximum absolute atomic E-state index is 12.9. The number of hydrogen-bond donors (Lipinski definition) is 2. The lowest BCUT2D eigenvalue weighted by molar-refractivity contribution is -0.141. The van der Waals surface area contributed by atoms with E-state index in [2.05, 4.69) is 19.1 Å². The van der Waals surface area contributed by atoms with E-state index in [0.29, 0.717) is 18.8 Å². The maximum atomic E-state index is 12.9. The average molecular weight is 499 g/mol. The number of ketones is 1. The second kappa shape index (κ2) is 16.3. The van der Waals surface area contributed by atoms with Crippen molar-refractivity contribution >= 4 is 11.8 Å². The van der Waals surface area contributed by atoms with E-state index in [0.717, 1.165) is 23.1 Å². The number of carbonyl (C=O) groups excluding carboxylic acids is 2. The molecule has 0 aromatic heterocycles. The first kappa shape index (κ1) is 31.5. The number of aliphatic hydroxyl groups excluding tert-OH is 2. The SMILES string of the molecule is CC(C=CCC(C)C=C(C)/C=C/C1CC=CC(=O)O1)=CC(C)C(=O)C(C)C(O)C(C)CC(C)=CCO. The van der Waals surface area contributed by atoms with Gasteiger partial charge in [0.2, 0.25) is 0 Å². The molecular formula is C31H46O5. The minimum atomic E-state index is -0.724. The molecule has 0 bridgehead atoms. The van der Waals surface area contributed by atoms with Gasteiger partial charge in [-0.25, -0.2) is 4.79 Å². The van der Waals surface area contributed by atoms with Crippen LogP contribution < -0.4 is 0 Å². The maximum Gasteiger partial charge on any atom is 0.331 e. The van der Waals surface area contributed by atoms with Gasteiger partial charge in [-0.1, -0.05) is 86.9 Å². The minimum absolute atomic E-state index is 0.0134. The zero-order valence-corrected chi connectivity index (χ0v) is 23.1. The first-order valence-corrected chi connectivity index (χ1v) is 13.0. The molecule has 6 atom stereocenters. The number of aliphatic hydroxyl groups is 2. The second-order valence-electron chi connectivity index (χ2n) is 10.3. The molecule has 0 amide bonds. The van der Waals surface area contributed by atoms with Crippen molar-refractivity contribution in [1.29, 1.82) is 0 Å². The van der Waals surface area contributed by atoms with Gasteiger partial charge in [0.15, 0.2) is 0 Å². The molecule has 0 saturated carbocycles. The molecule has 0 spiro atoms. The van der Waals surface area contributed by atoms with E-state index in [-0.39, 0.29) is 36.3 Å². The summed E-state index contributed by atoms with van der Waals surface area (Å²) in [4.78, 5) is 24.2. The molecule has 1 heterocycles. The summed E-state index contributed by atoms with van der Waals surface area (Å²) in [6.07, 6.45) is 18.6. The van der Waals surface area contributed by atoms with Crippen molar-refractivity contribution in [3.05, 3.63) is 71.4 Å². The predicted molar refractivity (Wildman–Crippen MR) is 147 cm³/mol. The number of ether oxygens (including phenoxy) is 1. The van der Waals surface area contributed by atoms with Crippen molar-refractivity contribution in [2.45, 2.75) is 79.9 Å². The Hall–Kier alpha value is -2.50. The Labute approximate surface area is 218 Å². The second-order valence-corrected chi connectivity index (χ2v) is 10.3. The van der Waals surface area contributed by atoms with Gasteiger partial charge in [0, 0.05) is 24.3 Å². The summed E-state index contributed by atoms with van der Waals surface area (Å²) in [5.41, 5.74) is 3.16. The highest BCUT2D eigenvalue weighted by molar-refractivity contribution is 5.85. The van der Waals surface area contributed by atoms with Gasteiger partial charge in [0.05, 0.1) is 12.7 Å². The van der Waals surface area contributed by atoms with Crippen LogP contribution >= 0.6 is 0 Å². The normalized spacial score (nSPS) is 22.0. The van der Waals surface area contributed by atoms with E-state index < -0.39 is 12.0 Å². The molecule has 0 aliphatic carbocycles. The summed E-state index contributed by atoms with van der Waals surface area (Å²) in [5, 5.41) is 19.7. The highest BCUT2D eigenvalue weighted by Crippen LogP contribution is 2.24. The molecule has 1 rings (SSSR count). The number of carbonyl (C=O) groups is 2. The van der Waals surface area contributed by atoms with Gasteiger partial charge >= 0.3 is 5.97 Å². The zero-order valence-electron chi connectivity index (χ0n) is 23.1. The van der Waals surface area contributed by atoms with Crippen LogP contribution in [0.15, 0.2) is 71.4 Å². The zero-order chi connectivity index (χ0) is 27.3. The van der Waals surface area contributed by atoms with Crippen molar-refractivity contribution in [1.82, 2.24) is 0 Å². The Bertz CT molecular complexity index is 902. The smallest absolute Gasteiger partial charge is 0.331 e.